The first kappa shape index (κ1) is 17.8. The minimum absolute atomic E-state index is 0.413. The van der Waals surface area contributed by atoms with Crippen LogP contribution in [0, 0.1) is 6.92 Å². The molecule has 0 spiro atoms. The van der Waals surface area contributed by atoms with Gasteiger partial charge in [0.2, 0.25) is 0 Å². The van der Waals surface area contributed by atoms with Crippen molar-refractivity contribution in [3.8, 4) is 5.75 Å². The van der Waals surface area contributed by atoms with Gasteiger partial charge in [-0.1, -0.05) is 19.9 Å². The lowest BCUT2D eigenvalue weighted by atomic mass is 10.1. The molecular formula is C17H28N2OS. The summed E-state index contributed by atoms with van der Waals surface area (Å²) in [4.78, 5) is 2.29. The van der Waals surface area contributed by atoms with E-state index in [1.54, 1.807) is 7.11 Å². The van der Waals surface area contributed by atoms with E-state index in [0.717, 1.165) is 29.4 Å². The van der Waals surface area contributed by atoms with E-state index in [2.05, 4.69) is 50.9 Å². The molecule has 0 saturated carbocycles. The van der Waals surface area contributed by atoms with Crippen molar-refractivity contribution in [3.63, 3.8) is 0 Å². The van der Waals surface area contributed by atoms with Gasteiger partial charge in [-0.05, 0) is 63.5 Å². The van der Waals surface area contributed by atoms with Crippen LogP contribution in [-0.4, -0.2) is 29.2 Å². The molecule has 0 radical (unpaired) electrons. The minimum Gasteiger partial charge on any atom is -0.495 e. The van der Waals surface area contributed by atoms with Gasteiger partial charge in [0.15, 0.2) is 5.11 Å². The summed E-state index contributed by atoms with van der Waals surface area (Å²) >= 11 is 5.65. The number of nitrogens with zero attached hydrogens (tertiary/aromatic N) is 1. The molecule has 1 aromatic rings. The van der Waals surface area contributed by atoms with Crippen molar-refractivity contribution in [2.75, 3.05) is 12.4 Å². The van der Waals surface area contributed by atoms with Crippen molar-refractivity contribution in [1.29, 1.82) is 0 Å². The highest BCUT2D eigenvalue weighted by Gasteiger charge is 2.21. The molecule has 2 atom stereocenters. The van der Waals surface area contributed by atoms with Crippen molar-refractivity contribution < 1.29 is 4.74 Å². The molecule has 1 N–H and O–H groups in total. The number of methoxy groups -OCH3 is 1. The molecule has 0 bridgehead atoms. The molecule has 1 rings (SSSR count). The number of hydrogen-bond donors (Lipinski definition) is 1. The summed E-state index contributed by atoms with van der Waals surface area (Å²) in [5.41, 5.74) is 2.11. The van der Waals surface area contributed by atoms with Crippen LogP contribution in [0.5, 0.6) is 5.75 Å². The Labute approximate surface area is 134 Å². The Hall–Kier alpha value is -1.29. The number of benzene rings is 1. The van der Waals surface area contributed by atoms with Crippen LogP contribution in [0.15, 0.2) is 18.2 Å². The molecule has 3 nitrogen and oxygen atoms in total. The Morgan fingerprint density at radius 1 is 1.24 bits per heavy atom. The fourth-order valence-electron chi connectivity index (χ4n) is 2.33. The van der Waals surface area contributed by atoms with Crippen LogP contribution in [0.3, 0.4) is 0 Å². The molecule has 0 fully saturated rings. The topological polar surface area (TPSA) is 24.5 Å². The Morgan fingerprint density at radius 2 is 1.81 bits per heavy atom. The average molecular weight is 308 g/mol. The lowest BCUT2D eigenvalue weighted by Gasteiger charge is -2.36. The highest BCUT2D eigenvalue weighted by molar-refractivity contribution is 7.80. The molecule has 0 heterocycles. The Balaban J connectivity index is 2.98. The summed E-state index contributed by atoms with van der Waals surface area (Å²) in [6, 6.07) is 6.90. The maximum Gasteiger partial charge on any atom is 0.174 e. The van der Waals surface area contributed by atoms with Gasteiger partial charge in [0.1, 0.15) is 5.75 Å². The van der Waals surface area contributed by atoms with Crippen LogP contribution in [-0.2, 0) is 0 Å². The number of rotatable bonds is 6. The van der Waals surface area contributed by atoms with E-state index in [4.69, 9.17) is 17.0 Å². The van der Waals surface area contributed by atoms with Gasteiger partial charge < -0.3 is 15.0 Å². The number of aryl methyl sites for hydroxylation is 1. The third-order valence-corrected chi connectivity index (χ3v) is 4.28. The van der Waals surface area contributed by atoms with Crippen molar-refractivity contribution >= 4 is 23.0 Å². The van der Waals surface area contributed by atoms with Crippen LogP contribution >= 0.6 is 12.2 Å². The molecule has 4 heteroatoms. The predicted molar refractivity (Wildman–Crippen MR) is 95.3 cm³/mol. The van der Waals surface area contributed by atoms with E-state index in [1.807, 2.05) is 12.1 Å². The van der Waals surface area contributed by atoms with Gasteiger partial charge in [0.05, 0.1) is 12.8 Å². The minimum atomic E-state index is 0.413. The van der Waals surface area contributed by atoms with Gasteiger partial charge in [0.25, 0.3) is 0 Å². The molecule has 1 aromatic carbocycles. The molecule has 0 aliphatic heterocycles. The van der Waals surface area contributed by atoms with Crippen molar-refractivity contribution in [2.45, 2.75) is 59.5 Å². The Bertz CT molecular complexity index is 466. The lowest BCUT2D eigenvalue weighted by molar-refractivity contribution is 0.254. The highest BCUT2D eigenvalue weighted by atomic mass is 32.1. The second-order valence-corrected chi connectivity index (χ2v) is 5.94. The van der Waals surface area contributed by atoms with E-state index >= 15 is 0 Å². The SMILES string of the molecule is CCC(C)N(C(=S)Nc1cc(C)ccc1OC)C(C)CC. The number of nitrogens with one attached hydrogen (secondary N) is 1. The molecule has 0 aromatic heterocycles. The second-order valence-electron chi connectivity index (χ2n) is 5.56. The van der Waals surface area contributed by atoms with Crippen molar-refractivity contribution in [2.24, 2.45) is 0 Å². The number of thiocarbonyl (C=S) groups is 1. The van der Waals surface area contributed by atoms with Gasteiger partial charge in [-0.2, -0.15) is 0 Å². The Kier molecular flexibility index (Phi) is 6.96. The maximum atomic E-state index is 5.65. The summed E-state index contributed by atoms with van der Waals surface area (Å²) in [5, 5.41) is 4.13. The molecule has 21 heavy (non-hydrogen) atoms. The summed E-state index contributed by atoms with van der Waals surface area (Å²) in [5.74, 6) is 0.816. The van der Waals surface area contributed by atoms with Crippen LogP contribution in [0.2, 0.25) is 0 Å². The first-order valence-corrected chi connectivity index (χ1v) is 8.09. The van der Waals surface area contributed by atoms with Gasteiger partial charge >= 0.3 is 0 Å². The van der Waals surface area contributed by atoms with E-state index in [0.29, 0.717) is 12.1 Å². The molecule has 2 unspecified atom stereocenters. The quantitative estimate of drug-likeness (QED) is 0.776. The van der Waals surface area contributed by atoms with E-state index in [9.17, 15) is 0 Å². The largest absolute Gasteiger partial charge is 0.495 e. The third-order valence-electron chi connectivity index (χ3n) is 3.96. The van der Waals surface area contributed by atoms with Crippen LogP contribution < -0.4 is 10.1 Å². The maximum absolute atomic E-state index is 5.65. The monoisotopic (exact) mass is 308 g/mol. The highest BCUT2D eigenvalue weighted by Crippen LogP contribution is 2.26. The van der Waals surface area contributed by atoms with E-state index in [-0.39, 0.29) is 0 Å². The molecule has 0 aliphatic rings. The van der Waals surface area contributed by atoms with Gasteiger partial charge in [-0.3, -0.25) is 0 Å². The lowest BCUT2D eigenvalue weighted by Crippen LogP contribution is -2.46. The van der Waals surface area contributed by atoms with Crippen molar-refractivity contribution in [1.82, 2.24) is 4.90 Å². The van der Waals surface area contributed by atoms with Gasteiger partial charge in [-0.15, -0.1) is 0 Å². The summed E-state index contributed by atoms with van der Waals surface area (Å²) in [6.07, 6.45) is 2.13. The molecule has 118 valence electrons. The summed E-state index contributed by atoms with van der Waals surface area (Å²) in [7, 11) is 1.68. The number of ether oxygens (including phenoxy) is 1. The normalized spacial score (nSPS) is 13.4. The van der Waals surface area contributed by atoms with Gasteiger partial charge in [-0.25, -0.2) is 0 Å². The molecule has 0 saturated heterocycles. The summed E-state index contributed by atoms with van der Waals surface area (Å²) in [6.45, 7) is 10.9. The zero-order valence-electron chi connectivity index (χ0n) is 14.1. The smallest absolute Gasteiger partial charge is 0.174 e. The molecule has 0 amide bonds. The zero-order chi connectivity index (χ0) is 16.0. The average Bonchev–Trinajstić information content (AvgIpc) is 2.47. The van der Waals surface area contributed by atoms with Crippen molar-refractivity contribution in [3.05, 3.63) is 23.8 Å². The first-order valence-electron chi connectivity index (χ1n) is 7.68. The first-order chi connectivity index (χ1) is 9.94. The fraction of sp³-hybridized carbons (Fsp3) is 0.588. The molecular weight excluding hydrogens is 280 g/mol. The number of hydrogen-bond acceptors (Lipinski definition) is 2. The number of anilines is 1. The predicted octanol–water partition coefficient (Wildman–Crippen LogP) is 4.60. The van der Waals surface area contributed by atoms with E-state index < -0.39 is 0 Å². The zero-order valence-corrected chi connectivity index (χ0v) is 14.9. The van der Waals surface area contributed by atoms with Crippen LogP contribution in [0.4, 0.5) is 5.69 Å². The fourth-order valence-corrected chi connectivity index (χ4v) is 2.80. The summed E-state index contributed by atoms with van der Waals surface area (Å²) < 4.78 is 5.41. The standard InChI is InChI=1S/C17H28N2OS/c1-7-13(4)19(14(5)8-2)17(21)18-15-11-12(3)9-10-16(15)20-6/h9-11,13-14H,7-8H2,1-6H3,(H,18,21). The van der Waals surface area contributed by atoms with Crippen LogP contribution in [0.1, 0.15) is 46.1 Å². The van der Waals surface area contributed by atoms with E-state index in [1.165, 1.54) is 5.56 Å². The Morgan fingerprint density at radius 3 is 2.29 bits per heavy atom. The molecule has 0 aliphatic carbocycles. The van der Waals surface area contributed by atoms with Gasteiger partial charge in [0, 0.05) is 12.1 Å². The second kappa shape index (κ2) is 8.23. The van der Waals surface area contributed by atoms with Crippen LogP contribution in [0.25, 0.3) is 0 Å². The third kappa shape index (κ3) is 4.60.